The molecule has 108 valence electrons. The molecule has 0 amide bonds. The van der Waals surface area contributed by atoms with E-state index >= 15 is 0 Å². The van der Waals surface area contributed by atoms with Crippen molar-refractivity contribution in [3.8, 4) is 0 Å². The molecule has 0 fully saturated rings. The van der Waals surface area contributed by atoms with Gasteiger partial charge in [0.15, 0.2) is 0 Å². The number of aromatic nitrogens is 1. The first-order valence-electron chi connectivity index (χ1n) is 5.87. The van der Waals surface area contributed by atoms with Crippen LogP contribution in [0.25, 0.3) is 0 Å². The van der Waals surface area contributed by atoms with Crippen LogP contribution in [0.4, 0.5) is 0 Å². The average Bonchev–Trinajstić information content (AvgIpc) is 2.86. The van der Waals surface area contributed by atoms with Crippen LogP contribution < -0.4 is 4.72 Å². The highest BCUT2D eigenvalue weighted by Gasteiger charge is 2.32. The topological polar surface area (TPSA) is 119 Å². The molecule has 1 aromatic heterocycles. The van der Waals surface area contributed by atoms with E-state index in [2.05, 4.69) is 9.71 Å². The van der Waals surface area contributed by atoms with Gasteiger partial charge in [-0.1, -0.05) is 13.8 Å². The Kier molecular flexibility index (Phi) is 4.72. The fourth-order valence-electron chi connectivity index (χ4n) is 1.65. The van der Waals surface area contributed by atoms with E-state index < -0.39 is 21.5 Å². The Morgan fingerprint density at radius 2 is 2.00 bits per heavy atom. The van der Waals surface area contributed by atoms with E-state index in [9.17, 15) is 18.3 Å². The minimum absolute atomic E-state index is 0.162. The number of aromatic amines is 1. The maximum absolute atomic E-state index is 12.1. The molecule has 8 heteroatoms. The molecule has 4 N–H and O–H groups in total. The van der Waals surface area contributed by atoms with E-state index in [-0.39, 0.29) is 17.2 Å². The minimum Gasteiger partial charge on any atom is -0.477 e. The van der Waals surface area contributed by atoms with Gasteiger partial charge in [-0.25, -0.2) is 17.9 Å². The normalized spacial score (nSPS) is 12.6. The predicted octanol–water partition coefficient (Wildman–Crippen LogP) is 0.542. The van der Waals surface area contributed by atoms with Crippen LogP contribution in [0.1, 0.15) is 37.2 Å². The van der Waals surface area contributed by atoms with Crippen LogP contribution in [0, 0.1) is 0 Å². The third-order valence-corrected chi connectivity index (χ3v) is 4.76. The van der Waals surface area contributed by atoms with Gasteiger partial charge in [0.1, 0.15) is 10.6 Å². The van der Waals surface area contributed by atoms with E-state index in [1.165, 1.54) is 0 Å². The highest BCUT2D eigenvalue weighted by Crippen LogP contribution is 2.19. The number of aromatic carboxylic acids is 1. The van der Waals surface area contributed by atoms with Crippen molar-refractivity contribution in [2.45, 2.75) is 37.1 Å². The van der Waals surface area contributed by atoms with Gasteiger partial charge in [0.05, 0.1) is 12.1 Å². The maximum Gasteiger partial charge on any atom is 0.352 e. The summed E-state index contributed by atoms with van der Waals surface area (Å²) in [5, 5.41) is 18.1. The molecule has 0 saturated carbocycles. The Morgan fingerprint density at radius 3 is 2.37 bits per heavy atom. The van der Waals surface area contributed by atoms with Gasteiger partial charge in [-0.05, 0) is 18.9 Å². The van der Waals surface area contributed by atoms with Crippen LogP contribution >= 0.6 is 0 Å². The van der Waals surface area contributed by atoms with Gasteiger partial charge in [0.2, 0.25) is 10.0 Å². The van der Waals surface area contributed by atoms with Crippen molar-refractivity contribution in [1.29, 1.82) is 0 Å². The van der Waals surface area contributed by atoms with Crippen molar-refractivity contribution in [2.24, 2.45) is 0 Å². The first kappa shape index (κ1) is 15.7. The molecule has 0 spiro atoms. The number of nitrogens with one attached hydrogen (secondary N) is 2. The molecule has 0 aliphatic rings. The van der Waals surface area contributed by atoms with Crippen molar-refractivity contribution in [1.82, 2.24) is 9.71 Å². The second-order valence-electron chi connectivity index (χ2n) is 4.31. The molecular formula is C11H18N2O5S. The molecule has 0 unspecified atom stereocenters. The zero-order valence-corrected chi connectivity index (χ0v) is 11.6. The maximum atomic E-state index is 12.1. The first-order chi connectivity index (χ1) is 8.80. The number of H-pyrrole nitrogens is 1. The molecule has 0 bridgehead atoms. The number of hydrogen-bond donors (Lipinski definition) is 4. The monoisotopic (exact) mass is 290 g/mol. The van der Waals surface area contributed by atoms with Gasteiger partial charge in [0, 0.05) is 6.20 Å². The van der Waals surface area contributed by atoms with Crippen LogP contribution in [-0.4, -0.2) is 41.7 Å². The first-order valence-corrected chi connectivity index (χ1v) is 7.35. The summed E-state index contributed by atoms with van der Waals surface area (Å²) in [6.07, 6.45) is 1.96. The average molecular weight is 290 g/mol. The molecule has 1 rings (SSSR count). The fraction of sp³-hybridized carbons (Fsp3) is 0.545. The Labute approximate surface area is 111 Å². The number of carboxylic acid groups (broad SMARTS) is 1. The zero-order valence-electron chi connectivity index (χ0n) is 10.8. The van der Waals surface area contributed by atoms with E-state index in [0.717, 1.165) is 12.3 Å². The van der Waals surface area contributed by atoms with Crippen molar-refractivity contribution in [2.75, 3.05) is 6.61 Å². The van der Waals surface area contributed by atoms with E-state index in [0.29, 0.717) is 12.8 Å². The molecule has 0 aliphatic heterocycles. The quantitative estimate of drug-likeness (QED) is 0.584. The molecule has 0 aromatic carbocycles. The lowest BCUT2D eigenvalue weighted by molar-refractivity contribution is 0.0691. The Bertz CT molecular complexity index is 537. The summed E-state index contributed by atoms with van der Waals surface area (Å²) in [5.41, 5.74) is -1.14. The number of rotatable bonds is 7. The number of hydrogen-bond acceptors (Lipinski definition) is 4. The SMILES string of the molecule is CCC(CC)(CO)NS(=O)(=O)c1c[nH]c(C(=O)O)c1. The molecule has 0 atom stereocenters. The summed E-state index contributed by atoms with van der Waals surface area (Å²) in [6, 6.07) is 1.04. The van der Waals surface area contributed by atoms with E-state index in [1.54, 1.807) is 13.8 Å². The summed E-state index contributed by atoms with van der Waals surface area (Å²) < 4.78 is 26.7. The van der Waals surface area contributed by atoms with Gasteiger partial charge >= 0.3 is 5.97 Å². The summed E-state index contributed by atoms with van der Waals surface area (Å²) in [7, 11) is -3.87. The Morgan fingerprint density at radius 1 is 1.42 bits per heavy atom. The molecule has 7 nitrogen and oxygen atoms in total. The molecule has 19 heavy (non-hydrogen) atoms. The van der Waals surface area contributed by atoms with Crippen LogP contribution in [0.3, 0.4) is 0 Å². The molecule has 0 aliphatic carbocycles. The standard InChI is InChI=1S/C11H18N2O5S/c1-3-11(4-2,7-14)13-19(17,18)8-5-9(10(15)16)12-6-8/h5-6,12-14H,3-4,7H2,1-2H3,(H,15,16). The summed E-state index contributed by atoms with van der Waals surface area (Å²) in [6.45, 7) is 3.21. The van der Waals surface area contributed by atoms with Crippen LogP contribution in [-0.2, 0) is 10.0 Å². The summed E-state index contributed by atoms with van der Waals surface area (Å²) in [4.78, 5) is 12.9. The van der Waals surface area contributed by atoms with Gasteiger partial charge < -0.3 is 15.2 Å². The Balaban J connectivity index is 3.06. The van der Waals surface area contributed by atoms with Crippen molar-refractivity contribution < 1.29 is 23.4 Å². The third-order valence-electron chi connectivity index (χ3n) is 3.20. The molecule has 1 heterocycles. The lowest BCUT2D eigenvalue weighted by Crippen LogP contribution is -2.50. The summed E-state index contributed by atoms with van der Waals surface area (Å²) >= 11 is 0. The van der Waals surface area contributed by atoms with E-state index in [4.69, 9.17) is 5.11 Å². The fourth-order valence-corrected chi connectivity index (χ4v) is 3.18. The molecular weight excluding hydrogens is 272 g/mol. The van der Waals surface area contributed by atoms with Gasteiger partial charge in [0.25, 0.3) is 0 Å². The van der Waals surface area contributed by atoms with Crippen LogP contribution in [0.15, 0.2) is 17.2 Å². The second-order valence-corrected chi connectivity index (χ2v) is 5.99. The number of carbonyl (C=O) groups is 1. The van der Waals surface area contributed by atoms with Gasteiger partial charge in [-0.2, -0.15) is 0 Å². The number of sulfonamides is 1. The molecule has 0 radical (unpaired) electrons. The van der Waals surface area contributed by atoms with Crippen molar-refractivity contribution in [3.05, 3.63) is 18.0 Å². The largest absolute Gasteiger partial charge is 0.477 e. The third kappa shape index (κ3) is 3.34. The number of carboxylic acids is 1. The number of aliphatic hydroxyl groups excluding tert-OH is 1. The summed E-state index contributed by atoms with van der Waals surface area (Å²) in [5.74, 6) is -1.24. The predicted molar refractivity (Wildman–Crippen MR) is 68.5 cm³/mol. The van der Waals surface area contributed by atoms with Crippen molar-refractivity contribution in [3.63, 3.8) is 0 Å². The molecule has 0 saturated heterocycles. The van der Waals surface area contributed by atoms with Crippen molar-refractivity contribution >= 4 is 16.0 Å². The van der Waals surface area contributed by atoms with Gasteiger partial charge in [-0.3, -0.25) is 0 Å². The number of aliphatic hydroxyl groups is 1. The Hall–Kier alpha value is -1.38. The minimum atomic E-state index is -3.87. The van der Waals surface area contributed by atoms with E-state index in [1.807, 2.05) is 0 Å². The zero-order chi connectivity index (χ0) is 14.7. The van der Waals surface area contributed by atoms with Crippen LogP contribution in [0.2, 0.25) is 0 Å². The lowest BCUT2D eigenvalue weighted by atomic mass is 9.96. The highest BCUT2D eigenvalue weighted by atomic mass is 32.2. The lowest BCUT2D eigenvalue weighted by Gasteiger charge is -2.29. The second kappa shape index (κ2) is 5.72. The van der Waals surface area contributed by atoms with Gasteiger partial charge in [-0.15, -0.1) is 0 Å². The smallest absolute Gasteiger partial charge is 0.352 e. The van der Waals surface area contributed by atoms with Crippen LogP contribution in [0.5, 0.6) is 0 Å². The highest BCUT2D eigenvalue weighted by molar-refractivity contribution is 7.89. The molecule has 1 aromatic rings.